The molecule has 106 valence electrons. The number of carbonyl (C=O) groups is 2. The Labute approximate surface area is 108 Å². The van der Waals surface area contributed by atoms with Gasteiger partial charge in [0.15, 0.2) is 0 Å². The van der Waals surface area contributed by atoms with E-state index >= 15 is 0 Å². The van der Waals surface area contributed by atoms with Crippen molar-refractivity contribution in [2.75, 3.05) is 26.8 Å². The van der Waals surface area contributed by atoms with Gasteiger partial charge in [0.25, 0.3) is 0 Å². The van der Waals surface area contributed by atoms with Crippen LogP contribution in [0.3, 0.4) is 0 Å². The fourth-order valence-corrected chi connectivity index (χ4v) is 1.51. The second kappa shape index (κ2) is 9.70. The average molecular weight is 260 g/mol. The highest BCUT2D eigenvalue weighted by Gasteiger charge is 2.16. The first-order chi connectivity index (χ1) is 8.49. The van der Waals surface area contributed by atoms with Crippen molar-refractivity contribution in [3.05, 3.63) is 0 Å². The zero-order valence-electron chi connectivity index (χ0n) is 11.4. The summed E-state index contributed by atoms with van der Waals surface area (Å²) in [6, 6.07) is -0.0901. The van der Waals surface area contributed by atoms with Crippen molar-refractivity contribution in [3.8, 4) is 0 Å². The van der Waals surface area contributed by atoms with Crippen LogP contribution in [0.25, 0.3) is 0 Å². The summed E-state index contributed by atoms with van der Waals surface area (Å²) in [4.78, 5) is 23.9. The molecule has 0 spiro atoms. The topological polar surface area (TPSA) is 78.9 Å². The number of carboxylic acids is 1. The largest absolute Gasteiger partial charge is 0.481 e. The van der Waals surface area contributed by atoms with Crippen molar-refractivity contribution >= 4 is 12.0 Å². The molecule has 0 atom stereocenters. The molecule has 2 amide bonds. The Balaban J connectivity index is 3.99. The number of carboxylic acid groups (broad SMARTS) is 1. The smallest absolute Gasteiger partial charge is 0.317 e. The number of urea groups is 1. The van der Waals surface area contributed by atoms with E-state index in [9.17, 15) is 9.59 Å². The Morgan fingerprint density at radius 3 is 2.50 bits per heavy atom. The number of hydrogen-bond acceptors (Lipinski definition) is 3. The van der Waals surface area contributed by atoms with Crippen LogP contribution in [0.5, 0.6) is 0 Å². The van der Waals surface area contributed by atoms with Crippen LogP contribution in [0, 0.1) is 0 Å². The Morgan fingerprint density at radius 1 is 1.33 bits per heavy atom. The summed E-state index contributed by atoms with van der Waals surface area (Å²) in [7, 11) is 1.62. The number of nitrogens with zero attached hydrogens (tertiary/aromatic N) is 1. The normalized spacial score (nSPS) is 10.4. The fourth-order valence-electron chi connectivity index (χ4n) is 1.51. The first-order valence-corrected chi connectivity index (χ1v) is 6.24. The van der Waals surface area contributed by atoms with E-state index < -0.39 is 5.97 Å². The average Bonchev–Trinajstić information content (AvgIpc) is 2.29. The third-order valence-corrected chi connectivity index (χ3v) is 2.48. The number of ether oxygens (including phenoxy) is 1. The minimum absolute atomic E-state index is 0.0567. The van der Waals surface area contributed by atoms with Gasteiger partial charge in [0.2, 0.25) is 0 Å². The van der Waals surface area contributed by atoms with Crippen LogP contribution in [-0.2, 0) is 9.53 Å². The maximum Gasteiger partial charge on any atom is 0.317 e. The standard InChI is InChI=1S/C12H24N2O4/c1-10(2)14(8-4-6-11(15)16)12(17)13-7-5-9-18-3/h10H,4-9H2,1-3H3,(H,13,17)(H,15,16). The molecule has 6 nitrogen and oxygen atoms in total. The summed E-state index contributed by atoms with van der Waals surface area (Å²) in [5.74, 6) is -0.834. The molecule has 0 aromatic carbocycles. The molecule has 0 aliphatic carbocycles. The van der Waals surface area contributed by atoms with Crippen molar-refractivity contribution in [1.29, 1.82) is 0 Å². The van der Waals surface area contributed by atoms with Crippen LogP contribution >= 0.6 is 0 Å². The SMILES string of the molecule is COCCCNC(=O)N(CCCC(=O)O)C(C)C. The number of hydrogen-bond donors (Lipinski definition) is 2. The molecule has 0 bridgehead atoms. The van der Waals surface area contributed by atoms with Gasteiger partial charge in [0.05, 0.1) is 0 Å². The van der Waals surface area contributed by atoms with Gasteiger partial charge in [0, 0.05) is 39.3 Å². The van der Waals surface area contributed by atoms with Crippen molar-refractivity contribution in [1.82, 2.24) is 10.2 Å². The Bertz CT molecular complexity index is 256. The van der Waals surface area contributed by atoms with E-state index in [2.05, 4.69) is 5.32 Å². The van der Waals surface area contributed by atoms with Crippen molar-refractivity contribution in [2.45, 2.75) is 39.2 Å². The lowest BCUT2D eigenvalue weighted by molar-refractivity contribution is -0.137. The molecule has 18 heavy (non-hydrogen) atoms. The van der Waals surface area contributed by atoms with Gasteiger partial charge in [0.1, 0.15) is 0 Å². The number of rotatable bonds is 9. The number of carbonyl (C=O) groups excluding carboxylic acids is 1. The van der Waals surface area contributed by atoms with E-state index in [4.69, 9.17) is 9.84 Å². The summed E-state index contributed by atoms with van der Waals surface area (Å²) < 4.78 is 4.89. The highest BCUT2D eigenvalue weighted by molar-refractivity contribution is 5.74. The van der Waals surface area contributed by atoms with Crippen LogP contribution in [0.4, 0.5) is 4.79 Å². The van der Waals surface area contributed by atoms with Crippen molar-refractivity contribution < 1.29 is 19.4 Å². The monoisotopic (exact) mass is 260 g/mol. The Hall–Kier alpha value is -1.30. The van der Waals surface area contributed by atoms with E-state index in [0.717, 1.165) is 6.42 Å². The lowest BCUT2D eigenvalue weighted by Gasteiger charge is -2.26. The number of aliphatic carboxylic acids is 1. The number of amides is 2. The van der Waals surface area contributed by atoms with Crippen molar-refractivity contribution in [2.24, 2.45) is 0 Å². The van der Waals surface area contributed by atoms with E-state index in [1.807, 2.05) is 13.8 Å². The number of nitrogens with one attached hydrogen (secondary N) is 1. The lowest BCUT2D eigenvalue weighted by atomic mass is 10.2. The van der Waals surface area contributed by atoms with E-state index in [1.165, 1.54) is 0 Å². The summed E-state index contributed by atoms with van der Waals surface area (Å²) in [5.41, 5.74) is 0. The van der Waals surface area contributed by atoms with E-state index in [1.54, 1.807) is 12.0 Å². The predicted octanol–water partition coefficient (Wildman–Crippen LogP) is 1.31. The van der Waals surface area contributed by atoms with Gasteiger partial charge in [-0.15, -0.1) is 0 Å². The van der Waals surface area contributed by atoms with Crippen LogP contribution in [0.2, 0.25) is 0 Å². The second-order valence-corrected chi connectivity index (χ2v) is 4.36. The molecule has 0 unspecified atom stereocenters. The molecule has 0 heterocycles. The number of methoxy groups -OCH3 is 1. The quantitative estimate of drug-likeness (QED) is 0.613. The molecule has 0 fully saturated rings. The molecule has 0 rings (SSSR count). The van der Waals surface area contributed by atoms with Gasteiger partial charge in [-0.05, 0) is 26.7 Å². The van der Waals surface area contributed by atoms with Crippen molar-refractivity contribution in [3.63, 3.8) is 0 Å². The summed E-state index contributed by atoms with van der Waals surface area (Å²) in [5, 5.41) is 11.4. The highest BCUT2D eigenvalue weighted by Crippen LogP contribution is 2.02. The highest BCUT2D eigenvalue weighted by atomic mass is 16.5. The van der Waals surface area contributed by atoms with Crippen LogP contribution in [-0.4, -0.2) is 54.9 Å². The molecule has 0 saturated heterocycles. The minimum atomic E-state index is -0.834. The van der Waals surface area contributed by atoms with Gasteiger partial charge >= 0.3 is 12.0 Å². The van der Waals surface area contributed by atoms with Crippen LogP contribution in [0.15, 0.2) is 0 Å². The van der Waals surface area contributed by atoms with Crippen LogP contribution < -0.4 is 5.32 Å². The summed E-state index contributed by atoms with van der Waals surface area (Å²) in [6.07, 6.45) is 1.32. The molecule has 0 aliphatic rings. The van der Waals surface area contributed by atoms with Gasteiger partial charge in [-0.2, -0.15) is 0 Å². The lowest BCUT2D eigenvalue weighted by Crippen LogP contribution is -2.45. The molecule has 0 aliphatic heterocycles. The summed E-state index contributed by atoms with van der Waals surface area (Å²) in [6.45, 7) is 5.46. The maximum atomic E-state index is 11.9. The van der Waals surface area contributed by atoms with Crippen LogP contribution in [0.1, 0.15) is 33.1 Å². The third-order valence-electron chi connectivity index (χ3n) is 2.48. The Kier molecular flexibility index (Phi) is 9.00. The third kappa shape index (κ3) is 7.89. The van der Waals surface area contributed by atoms with Gasteiger partial charge < -0.3 is 20.1 Å². The first kappa shape index (κ1) is 16.7. The molecule has 0 radical (unpaired) electrons. The molecule has 0 aromatic rings. The van der Waals surface area contributed by atoms with E-state index in [0.29, 0.717) is 26.1 Å². The van der Waals surface area contributed by atoms with E-state index in [-0.39, 0.29) is 18.5 Å². The van der Waals surface area contributed by atoms with Gasteiger partial charge in [-0.1, -0.05) is 0 Å². The second-order valence-electron chi connectivity index (χ2n) is 4.36. The molecule has 6 heteroatoms. The molecular formula is C12H24N2O4. The zero-order valence-corrected chi connectivity index (χ0v) is 11.4. The minimum Gasteiger partial charge on any atom is -0.481 e. The van der Waals surface area contributed by atoms with Gasteiger partial charge in [-0.3, -0.25) is 4.79 Å². The Morgan fingerprint density at radius 2 is 2.00 bits per heavy atom. The van der Waals surface area contributed by atoms with Gasteiger partial charge in [-0.25, -0.2) is 4.79 Å². The maximum absolute atomic E-state index is 11.9. The summed E-state index contributed by atoms with van der Waals surface area (Å²) >= 11 is 0. The first-order valence-electron chi connectivity index (χ1n) is 6.24. The molecule has 0 saturated carbocycles. The molecular weight excluding hydrogens is 236 g/mol. The fraction of sp³-hybridized carbons (Fsp3) is 0.833. The predicted molar refractivity (Wildman–Crippen MR) is 68.6 cm³/mol. The zero-order chi connectivity index (χ0) is 14.0. The molecule has 0 aromatic heterocycles. The molecule has 2 N–H and O–H groups in total.